The number of nitrogens with zero attached hydrogens (tertiary/aromatic N) is 2. The highest BCUT2D eigenvalue weighted by molar-refractivity contribution is 8.00. The van der Waals surface area contributed by atoms with Gasteiger partial charge in [0.25, 0.3) is 5.22 Å². The Morgan fingerprint density at radius 3 is 2.50 bits per heavy atom. The molecule has 0 bridgehead atoms. The van der Waals surface area contributed by atoms with E-state index in [9.17, 15) is 4.79 Å². The maximum atomic E-state index is 12.5. The number of rotatable bonds is 9. The van der Waals surface area contributed by atoms with Crippen LogP contribution in [0.1, 0.15) is 13.8 Å². The molecule has 2 aromatic carbocycles. The highest BCUT2D eigenvalue weighted by Crippen LogP contribution is 2.33. The Hall–Kier alpha value is -3.20. The number of carbonyl (C=O) groups is 1. The van der Waals surface area contributed by atoms with E-state index in [0.29, 0.717) is 40.5 Å². The highest BCUT2D eigenvalue weighted by Gasteiger charge is 2.19. The Morgan fingerprint density at radius 1 is 1.10 bits per heavy atom. The molecule has 0 aliphatic rings. The molecule has 1 heterocycles. The summed E-state index contributed by atoms with van der Waals surface area (Å²) in [6.07, 6.45) is 0. The molecular weight excluding hydrogens is 406 g/mol. The van der Waals surface area contributed by atoms with Crippen LogP contribution >= 0.6 is 11.8 Å². The monoisotopic (exact) mass is 429 g/mol. The van der Waals surface area contributed by atoms with Gasteiger partial charge in [-0.15, -0.1) is 10.2 Å². The van der Waals surface area contributed by atoms with Gasteiger partial charge in [0.2, 0.25) is 11.8 Å². The zero-order valence-corrected chi connectivity index (χ0v) is 18.0. The molecule has 1 unspecified atom stereocenters. The van der Waals surface area contributed by atoms with Gasteiger partial charge in [-0.05, 0) is 56.3 Å². The first-order valence-corrected chi connectivity index (χ1v) is 10.2. The minimum Gasteiger partial charge on any atom is -0.494 e. The topological polar surface area (TPSA) is 95.7 Å². The molecule has 1 atom stereocenters. The quantitative estimate of drug-likeness (QED) is 0.504. The van der Waals surface area contributed by atoms with Gasteiger partial charge < -0.3 is 23.9 Å². The number of amides is 1. The van der Waals surface area contributed by atoms with E-state index in [1.54, 1.807) is 51.5 Å². The Labute approximate surface area is 178 Å². The minimum absolute atomic E-state index is 0.171. The van der Waals surface area contributed by atoms with E-state index in [2.05, 4.69) is 15.5 Å². The van der Waals surface area contributed by atoms with Crippen LogP contribution in [0.2, 0.25) is 0 Å². The van der Waals surface area contributed by atoms with Crippen molar-refractivity contribution in [3.63, 3.8) is 0 Å². The molecule has 0 aliphatic heterocycles. The SMILES string of the molecule is CCOc1ccc(NC(=O)C(C)Sc2nnc(-c3ccc(OC)c(OC)c3)o2)cc1. The van der Waals surface area contributed by atoms with Crippen LogP contribution in [-0.4, -0.2) is 42.2 Å². The van der Waals surface area contributed by atoms with Gasteiger partial charge in [0, 0.05) is 11.3 Å². The summed E-state index contributed by atoms with van der Waals surface area (Å²) in [5.74, 6) is 2.08. The number of ether oxygens (including phenoxy) is 3. The summed E-state index contributed by atoms with van der Waals surface area (Å²) in [6, 6.07) is 12.5. The van der Waals surface area contributed by atoms with Gasteiger partial charge in [0.1, 0.15) is 5.75 Å². The third-order valence-corrected chi connectivity index (χ3v) is 5.05. The molecule has 3 aromatic rings. The lowest BCUT2D eigenvalue weighted by Crippen LogP contribution is -2.22. The largest absolute Gasteiger partial charge is 0.494 e. The molecule has 0 aliphatic carbocycles. The predicted octanol–water partition coefficient (Wildman–Crippen LogP) is 4.27. The van der Waals surface area contributed by atoms with E-state index in [1.165, 1.54) is 11.8 Å². The highest BCUT2D eigenvalue weighted by atomic mass is 32.2. The first-order valence-electron chi connectivity index (χ1n) is 9.30. The van der Waals surface area contributed by atoms with Gasteiger partial charge >= 0.3 is 0 Å². The van der Waals surface area contributed by atoms with Crippen LogP contribution in [0.4, 0.5) is 5.69 Å². The Balaban J connectivity index is 1.62. The van der Waals surface area contributed by atoms with Crippen molar-refractivity contribution in [1.82, 2.24) is 10.2 Å². The Kier molecular flexibility index (Phi) is 7.18. The maximum Gasteiger partial charge on any atom is 0.277 e. The maximum absolute atomic E-state index is 12.5. The fraction of sp³-hybridized carbons (Fsp3) is 0.286. The summed E-state index contributed by atoms with van der Waals surface area (Å²) in [7, 11) is 3.13. The fourth-order valence-corrected chi connectivity index (χ4v) is 3.28. The first-order chi connectivity index (χ1) is 14.5. The normalized spacial score (nSPS) is 11.6. The fourth-order valence-electron chi connectivity index (χ4n) is 2.59. The van der Waals surface area contributed by atoms with E-state index in [1.807, 2.05) is 19.1 Å². The lowest BCUT2D eigenvalue weighted by molar-refractivity contribution is -0.115. The molecule has 158 valence electrons. The number of thioether (sulfide) groups is 1. The van der Waals surface area contributed by atoms with Crippen molar-refractivity contribution in [1.29, 1.82) is 0 Å². The van der Waals surface area contributed by atoms with E-state index < -0.39 is 5.25 Å². The van der Waals surface area contributed by atoms with Crippen molar-refractivity contribution in [2.45, 2.75) is 24.3 Å². The van der Waals surface area contributed by atoms with Crippen molar-refractivity contribution in [2.24, 2.45) is 0 Å². The van der Waals surface area contributed by atoms with E-state index in [4.69, 9.17) is 18.6 Å². The Bertz CT molecular complexity index is 991. The summed E-state index contributed by atoms with van der Waals surface area (Å²) in [5, 5.41) is 10.8. The van der Waals surface area contributed by atoms with Gasteiger partial charge in [-0.25, -0.2) is 0 Å². The molecule has 3 rings (SSSR count). The number of anilines is 1. The van der Waals surface area contributed by atoms with Crippen LogP contribution in [0, 0.1) is 0 Å². The van der Waals surface area contributed by atoms with Crippen LogP contribution in [0.15, 0.2) is 52.1 Å². The summed E-state index contributed by atoms with van der Waals surface area (Å²) in [4.78, 5) is 12.5. The van der Waals surface area contributed by atoms with Crippen molar-refractivity contribution in [3.8, 4) is 28.7 Å². The van der Waals surface area contributed by atoms with Crippen LogP contribution in [-0.2, 0) is 4.79 Å². The number of benzene rings is 2. The second-order valence-electron chi connectivity index (χ2n) is 6.15. The van der Waals surface area contributed by atoms with Crippen LogP contribution in [0.3, 0.4) is 0 Å². The van der Waals surface area contributed by atoms with Crippen molar-refractivity contribution < 1.29 is 23.4 Å². The zero-order valence-electron chi connectivity index (χ0n) is 17.2. The van der Waals surface area contributed by atoms with Crippen molar-refractivity contribution >= 4 is 23.4 Å². The van der Waals surface area contributed by atoms with E-state index >= 15 is 0 Å². The number of methoxy groups -OCH3 is 2. The molecule has 8 nitrogen and oxygen atoms in total. The number of hydrogen-bond donors (Lipinski definition) is 1. The van der Waals surface area contributed by atoms with Crippen LogP contribution < -0.4 is 19.5 Å². The van der Waals surface area contributed by atoms with Crippen molar-refractivity contribution in [3.05, 3.63) is 42.5 Å². The second-order valence-corrected chi connectivity index (χ2v) is 7.44. The molecule has 0 fully saturated rings. The van der Waals surface area contributed by atoms with E-state index in [0.717, 1.165) is 5.75 Å². The smallest absolute Gasteiger partial charge is 0.277 e. The average Bonchev–Trinajstić information content (AvgIpc) is 3.23. The third-order valence-electron chi connectivity index (χ3n) is 4.12. The molecule has 1 aromatic heterocycles. The lowest BCUT2D eigenvalue weighted by atomic mass is 10.2. The number of aromatic nitrogens is 2. The minimum atomic E-state index is -0.435. The number of hydrogen-bond acceptors (Lipinski definition) is 8. The van der Waals surface area contributed by atoms with E-state index in [-0.39, 0.29) is 5.91 Å². The van der Waals surface area contributed by atoms with Crippen LogP contribution in [0.25, 0.3) is 11.5 Å². The van der Waals surface area contributed by atoms with Gasteiger partial charge in [-0.3, -0.25) is 4.79 Å². The van der Waals surface area contributed by atoms with Gasteiger partial charge in [0.15, 0.2) is 11.5 Å². The number of carbonyl (C=O) groups excluding carboxylic acids is 1. The molecule has 1 amide bonds. The Morgan fingerprint density at radius 2 is 1.83 bits per heavy atom. The molecule has 30 heavy (non-hydrogen) atoms. The molecular formula is C21H23N3O5S. The summed E-state index contributed by atoms with van der Waals surface area (Å²) < 4.78 is 21.6. The number of nitrogens with one attached hydrogen (secondary N) is 1. The zero-order chi connectivity index (χ0) is 21.5. The molecule has 0 saturated heterocycles. The lowest BCUT2D eigenvalue weighted by Gasteiger charge is -2.10. The third kappa shape index (κ3) is 5.24. The molecule has 1 N–H and O–H groups in total. The molecule has 0 radical (unpaired) electrons. The van der Waals surface area contributed by atoms with Crippen molar-refractivity contribution in [2.75, 3.05) is 26.1 Å². The second kappa shape index (κ2) is 10.0. The summed E-state index contributed by atoms with van der Waals surface area (Å²) >= 11 is 1.18. The first kappa shape index (κ1) is 21.5. The van der Waals surface area contributed by atoms with Crippen LogP contribution in [0.5, 0.6) is 17.2 Å². The summed E-state index contributed by atoms with van der Waals surface area (Å²) in [6.45, 7) is 4.28. The molecule has 9 heteroatoms. The predicted molar refractivity (Wildman–Crippen MR) is 114 cm³/mol. The van der Waals surface area contributed by atoms with Gasteiger partial charge in [-0.1, -0.05) is 11.8 Å². The molecule has 0 spiro atoms. The average molecular weight is 429 g/mol. The standard InChI is InChI=1S/C21H23N3O5S/c1-5-28-16-9-7-15(8-10-16)22-19(25)13(2)30-21-24-23-20(29-21)14-6-11-17(26-3)18(12-14)27-4/h6-13H,5H2,1-4H3,(H,22,25). The molecule has 0 saturated carbocycles. The summed E-state index contributed by atoms with van der Waals surface area (Å²) in [5.41, 5.74) is 1.38. The van der Waals surface area contributed by atoms with Gasteiger partial charge in [0.05, 0.1) is 26.1 Å². The van der Waals surface area contributed by atoms with Gasteiger partial charge in [-0.2, -0.15) is 0 Å².